The lowest BCUT2D eigenvalue weighted by Gasteiger charge is -2.40. The van der Waals surface area contributed by atoms with Crippen molar-refractivity contribution in [1.82, 2.24) is 9.88 Å². The Labute approximate surface area is 113 Å². The predicted octanol–water partition coefficient (Wildman–Crippen LogP) is 2.22. The average molecular weight is 257 g/mol. The van der Waals surface area contributed by atoms with Gasteiger partial charge < -0.3 is 14.8 Å². The second kappa shape index (κ2) is 4.61. The maximum atomic E-state index is 11.5. The molecule has 4 heteroatoms. The summed E-state index contributed by atoms with van der Waals surface area (Å²) in [7, 11) is 0. The molecule has 2 aromatic rings. The van der Waals surface area contributed by atoms with Crippen LogP contribution < -0.4 is 4.90 Å². The summed E-state index contributed by atoms with van der Waals surface area (Å²) in [5.74, 6) is 0.172. The number of rotatable bonds is 1. The smallest absolute Gasteiger partial charge is 0.219 e. The van der Waals surface area contributed by atoms with Gasteiger partial charge in [-0.1, -0.05) is 18.2 Å². The van der Waals surface area contributed by atoms with E-state index in [0.29, 0.717) is 0 Å². The highest BCUT2D eigenvalue weighted by atomic mass is 16.2. The van der Waals surface area contributed by atoms with E-state index in [1.165, 1.54) is 16.6 Å². The Hall–Kier alpha value is -1.97. The summed E-state index contributed by atoms with van der Waals surface area (Å²) in [6, 6.07) is 8.60. The Morgan fingerprint density at radius 3 is 2.84 bits per heavy atom. The lowest BCUT2D eigenvalue weighted by molar-refractivity contribution is -0.131. The van der Waals surface area contributed by atoms with Gasteiger partial charge in [-0.25, -0.2) is 0 Å². The molecule has 1 atom stereocenters. The second-order valence-corrected chi connectivity index (χ2v) is 5.23. The van der Waals surface area contributed by atoms with Crippen LogP contribution in [0.25, 0.3) is 10.9 Å². The first kappa shape index (κ1) is 12.1. The summed E-state index contributed by atoms with van der Waals surface area (Å²) in [6.45, 7) is 6.35. The summed E-state index contributed by atoms with van der Waals surface area (Å²) in [4.78, 5) is 19.1. The maximum Gasteiger partial charge on any atom is 0.219 e. The Kier molecular flexibility index (Phi) is 2.93. The van der Waals surface area contributed by atoms with Crippen molar-refractivity contribution >= 4 is 22.5 Å². The SMILES string of the molecule is CC(=O)N1CCN(c2c[nH]c3ccccc23)C[C@@H]1C. The molecule has 0 aliphatic carbocycles. The topological polar surface area (TPSA) is 39.3 Å². The van der Waals surface area contributed by atoms with Crippen molar-refractivity contribution in [1.29, 1.82) is 0 Å². The highest BCUT2D eigenvalue weighted by Gasteiger charge is 2.26. The van der Waals surface area contributed by atoms with E-state index in [9.17, 15) is 4.79 Å². The van der Waals surface area contributed by atoms with E-state index in [1.54, 1.807) is 6.92 Å². The summed E-state index contributed by atoms with van der Waals surface area (Å²) in [5, 5.41) is 1.26. The number of benzene rings is 1. The zero-order valence-corrected chi connectivity index (χ0v) is 11.4. The summed E-state index contributed by atoms with van der Waals surface area (Å²) >= 11 is 0. The molecule has 0 radical (unpaired) electrons. The number of nitrogens with one attached hydrogen (secondary N) is 1. The van der Waals surface area contributed by atoms with Crippen molar-refractivity contribution in [3.05, 3.63) is 30.5 Å². The molecule has 0 bridgehead atoms. The summed E-state index contributed by atoms with van der Waals surface area (Å²) in [6.07, 6.45) is 2.07. The van der Waals surface area contributed by atoms with Crippen LogP contribution in [-0.2, 0) is 4.79 Å². The van der Waals surface area contributed by atoms with E-state index in [-0.39, 0.29) is 11.9 Å². The van der Waals surface area contributed by atoms with Gasteiger partial charge in [0.05, 0.1) is 5.69 Å². The second-order valence-electron chi connectivity index (χ2n) is 5.23. The number of piperazine rings is 1. The number of hydrogen-bond donors (Lipinski definition) is 1. The van der Waals surface area contributed by atoms with Crippen molar-refractivity contribution in [3.8, 4) is 0 Å². The van der Waals surface area contributed by atoms with Gasteiger partial charge in [0.2, 0.25) is 5.91 Å². The molecule has 3 rings (SSSR count). The molecule has 0 spiro atoms. The molecule has 1 fully saturated rings. The Morgan fingerprint density at radius 2 is 2.11 bits per heavy atom. The fourth-order valence-electron chi connectivity index (χ4n) is 2.96. The quantitative estimate of drug-likeness (QED) is 0.851. The van der Waals surface area contributed by atoms with E-state index in [0.717, 1.165) is 19.6 Å². The normalized spacial score (nSPS) is 20.0. The lowest BCUT2D eigenvalue weighted by atomic mass is 10.1. The molecule has 2 heterocycles. The van der Waals surface area contributed by atoms with Crippen LogP contribution in [0.2, 0.25) is 0 Å². The lowest BCUT2D eigenvalue weighted by Crippen LogP contribution is -2.53. The number of carbonyl (C=O) groups is 1. The van der Waals surface area contributed by atoms with Crippen molar-refractivity contribution in [3.63, 3.8) is 0 Å². The first-order chi connectivity index (χ1) is 9.16. The van der Waals surface area contributed by atoms with E-state index in [2.05, 4.69) is 41.2 Å². The molecular formula is C15H19N3O. The molecule has 1 saturated heterocycles. The van der Waals surface area contributed by atoms with Crippen LogP contribution in [0.1, 0.15) is 13.8 Å². The van der Waals surface area contributed by atoms with Crippen LogP contribution in [0.15, 0.2) is 30.5 Å². The number of anilines is 1. The molecule has 0 unspecified atom stereocenters. The van der Waals surface area contributed by atoms with Gasteiger partial charge in [0.15, 0.2) is 0 Å². The van der Waals surface area contributed by atoms with E-state index in [4.69, 9.17) is 0 Å². The van der Waals surface area contributed by atoms with Crippen molar-refractivity contribution in [2.45, 2.75) is 19.9 Å². The molecule has 1 aliphatic rings. The van der Waals surface area contributed by atoms with E-state index in [1.807, 2.05) is 11.0 Å². The van der Waals surface area contributed by atoms with E-state index < -0.39 is 0 Å². The van der Waals surface area contributed by atoms with Gasteiger partial charge in [0, 0.05) is 49.7 Å². The van der Waals surface area contributed by atoms with Crippen LogP contribution in [-0.4, -0.2) is 41.5 Å². The highest BCUT2D eigenvalue weighted by Crippen LogP contribution is 2.28. The number of amides is 1. The minimum atomic E-state index is 0.172. The third-order valence-electron chi connectivity index (χ3n) is 3.94. The zero-order valence-electron chi connectivity index (χ0n) is 11.4. The van der Waals surface area contributed by atoms with Crippen molar-refractivity contribution in [2.24, 2.45) is 0 Å². The molecule has 1 aromatic carbocycles. The fraction of sp³-hybridized carbons (Fsp3) is 0.400. The Bertz CT molecular complexity index is 604. The Morgan fingerprint density at radius 1 is 1.32 bits per heavy atom. The van der Waals surface area contributed by atoms with Gasteiger partial charge in [0.1, 0.15) is 0 Å². The predicted molar refractivity (Wildman–Crippen MR) is 77.4 cm³/mol. The number of para-hydroxylation sites is 1. The highest BCUT2D eigenvalue weighted by molar-refractivity contribution is 5.93. The molecule has 4 nitrogen and oxygen atoms in total. The van der Waals surface area contributed by atoms with Gasteiger partial charge in [-0.05, 0) is 13.0 Å². The molecule has 1 aliphatic heterocycles. The first-order valence-corrected chi connectivity index (χ1v) is 6.75. The molecule has 1 amide bonds. The number of H-pyrrole nitrogens is 1. The number of carbonyl (C=O) groups excluding carboxylic acids is 1. The fourth-order valence-corrected chi connectivity index (χ4v) is 2.96. The van der Waals surface area contributed by atoms with Crippen LogP contribution in [0.4, 0.5) is 5.69 Å². The van der Waals surface area contributed by atoms with E-state index >= 15 is 0 Å². The van der Waals surface area contributed by atoms with Gasteiger partial charge >= 0.3 is 0 Å². The molecule has 0 saturated carbocycles. The van der Waals surface area contributed by atoms with Crippen LogP contribution >= 0.6 is 0 Å². The van der Waals surface area contributed by atoms with Gasteiger partial charge in [-0.2, -0.15) is 0 Å². The monoisotopic (exact) mass is 257 g/mol. The van der Waals surface area contributed by atoms with Crippen molar-refractivity contribution in [2.75, 3.05) is 24.5 Å². The maximum absolute atomic E-state index is 11.5. The number of aromatic nitrogens is 1. The van der Waals surface area contributed by atoms with Gasteiger partial charge in [-0.15, -0.1) is 0 Å². The number of aromatic amines is 1. The zero-order chi connectivity index (χ0) is 13.4. The standard InChI is InChI=1S/C15H19N3O/c1-11-10-17(7-8-18(11)12(2)19)15-9-16-14-6-4-3-5-13(14)15/h3-6,9,11,16H,7-8,10H2,1-2H3/t11-/m0/s1. The van der Waals surface area contributed by atoms with Crippen LogP contribution in [0, 0.1) is 0 Å². The van der Waals surface area contributed by atoms with Gasteiger partial charge in [-0.3, -0.25) is 4.79 Å². The summed E-state index contributed by atoms with van der Waals surface area (Å²) < 4.78 is 0. The van der Waals surface area contributed by atoms with Crippen LogP contribution in [0.3, 0.4) is 0 Å². The Balaban J connectivity index is 1.86. The minimum absolute atomic E-state index is 0.172. The first-order valence-electron chi connectivity index (χ1n) is 6.75. The third-order valence-corrected chi connectivity index (χ3v) is 3.94. The molecule has 100 valence electrons. The molecular weight excluding hydrogens is 238 g/mol. The molecule has 19 heavy (non-hydrogen) atoms. The summed E-state index contributed by atoms with van der Waals surface area (Å²) in [5.41, 5.74) is 2.41. The van der Waals surface area contributed by atoms with Crippen molar-refractivity contribution < 1.29 is 4.79 Å². The number of hydrogen-bond acceptors (Lipinski definition) is 2. The minimum Gasteiger partial charge on any atom is -0.366 e. The van der Waals surface area contributed by atoms with Crippen LogP contribution in [0.5, 0.6) is 0 Å². The number of nitrogens with zero attached hydrogens (tertiary/aromatic N) is 2. The molecule has 1 N–H and O–H groups in total. The molecule has 1 aromatic heterocycles. The average Bonchev–Trinajstić information content (AvgIpc) is 2.82. The largest absolute Gasteiger partial charge is 0.366 e. The number of fused-ring (bicyclic) bond motifs is 1. The van der Waals surface area contributed by atoms with Gasteiger partial charge in [0.25, 0.3) is 0 Å². The third kappa shape index (κ3) is 2.07.